The number of nitrogens with one attached hydrogen (secondary N) is 1. The van der Waals surface area contributed by atoms with Crippen LogP contribution < -0.4 is 5.32 Å². The molecule has 1 aliphatic rings. The predicted octanol–water partition coefficient (Wildman–Crippen LogP) is 3.60. The molecule has 1 aliphatic carbocycles. The topological polar surface area (TPSA) is 68.0 Å². The molecule has 126 valence electrons. The van der Waals surface area contributed by atoms with Crippen molar-refractivity contribution in [1.82, 2.24) is 15.5 Å². The maximum atomic E-state index is 13.3. The Bertz CT molecular complexity index is 951. The van der Waals surface area contributed by atoms with Crippen molar-refractivity contribution in [3.8, 4) is 11.4 Å². The number of rotatable bonds is 3. The molecule has 1 heterocycles. The van der Waals surface area contributed by atoms with Crippen molar-refractivity contribution in [2.24, 2.45) is 0 Å². The van der Waals surface area contributed by atoms with E-state index in [4.69, 9.17) is 4.52 Å². The van der Waals surface area contributed by atoms with Gasteiger partial charge in [-0.15, -0.1) is 0 Å². The Morgan fingerprint density at radius 2 is 2.16 bits per heavy atom. The zero-order valence-corrected chi connectivity index (χ0v) is 13.6. The molecule has 1 aromatic heterocycles. The lowest BCUT2D eigenvalue weighted by Gasteiger charge is -2.14. The molecule has 1 N–H and O–H groups in total. The third kappa shape index (κ3) is 3.03. The molecule has 0 spiro atoms. The smallest absolute Gasteiger partial charge is 0.251 e. The van der Waals surface area contributed by atoms with E-state index in [1.54, 1.807) is 37.3 Å². The fourth-order valence-corrected chi connectivity index (χ4v) is 3.19. The zero-order valence-electron chi connectivity index (χ0n) is 13.6. The summed E-state index contributed by atoms with van der Waals surface area (Å²) >= 11 is 0. The molecule has 0 bridgehead atoms. The summed E-state index contributed by atoms with van der Waals surface area (Å²) in [4.78, 5) is 16.8. The second-order valence-electron chi connectivity index (χ2n) is 6.13. The van der Waals surface area contributed by atoms with Gasteiger partial charge in [0.05, 0.1) is 6.04 Å². The lowest BCUT2D eigenvalue weighted by molar-refractivity contribution is 0.0937. The first-order chi connectivity index (χ1) is 12.1. The van der Waals surface area contributed by atoms with Gasteiger partial charge in [-0.1, -0.05) is 23.4 Å². The highest BCUT2D eigenvalue weighted by Gasteiger charge is 2.24. The van der Waals surface area contributed by atoms with E-state index in [2.05, 4.69) is 15.5 Å². The molecule has 1 unspecified atom stereocenters. The first kappa shape index (κ1) is 15.5. The maximum absolute atomic E-state index is 13.3. The third-order valence-electron chi connectivity index (χ3n) is 4.40. The molecule has 2 aromatic carbocycles. The van der Waals surface area contributed by atoms with Crippen LogP contribution in [0.4, 0.5) is 4.39 Å². The van der Waals surface area contributed by atoms with Gasteiger partial charge >= 0.3 is 0 Å². The number of amides is 1. The lowest BCUT2D eigenvalue weighted by Crippen LogP contribution is -2.27. The van der Waals surface area contributed by atoms with Crippen LogP contribution in [-0.4, -0.2) is 16.0 Å². The number of fused-ring (bicyclic) bond motifs is 1. The fourth-order valence-electron chi connectivity index (χ4n) is 3.19. The highest BCUT2D eigenvalue weighted by Crippen LogP contribution is 2.31. The summed E-state index contributed by atoms with van der Waals surface area (Å²) < 4.78 is 18.3. The number of carbonyl (C=O) groups is 1. The summed E-state index contributed by atoms with van der Waals surface area (Å²) in [6.07, 6.45) is 1.54. The van der Waals surface area contributed by atoms with Crippen molar-refractivity contribution >= 4 is 5.91 Å². The highest BCUT2D eigenvalue weighted by molar-refractivity contribution is 5.95. The van der Waals surface area contributed by atoms with E-state index in [9.17, 15) is 9.18 Å². The van der Waals surface area contributed by atoms with E-state index in [1.807, 2.05) is 6.07 Å². The number of hydrogen-bond acceptors (Lipinski definition) is 4. The van der Waals surface area contributed by atoms with Gasteiger partial charge < -0.3 is 9.84 Å². The van der Waals surface area contributed by atoms with Crippen LogP contribution in [0.5, 0.6) is 0 Å². The molecule has 25 heavy (non-hydrogen) atoms. The van der Waals surface area contributed by atoms with Crippen molar-refractivity contribution in [2.75, 3.05) is 0 Å². The van der Waals surface area contributed by atoms with Gasteiger partial charge in [-0.25, -0.2) is 4.39 Å². The Hall–Kier alpha value is -3.02. The number of carbonyl (C=O) groups excluding carboxylic acids is 1. The Labute approximate surface area is 143 Å². The van der Waals surface area contributed by atoms with Gasteiger partial charge in [-0.05, 0) is 48.2 Å². The summed E-state index contributed by atoms with van der Waals surface area (Å²) in [6, 6.07) is 11.7. The molecule has 0 radical (unpaired) electrons. The van der Waals surface area contributed by atoms with Gasteiger partial charge in [0.15, 0.2) is 0 Å². The Balaban J connectivity index is 1.55. The SMILES string of the molecule is Cc1nc(-c2cccc(C(=O)NC3CCc4cc(F)ccc43)c2)no1. The minimum Gasteiger partial charge on any atom is -0.345 e. The maximum Gasteiger partial charge on any atom is 0.251 e. The number of aromatic nitrogens is 2. The van der Waals surface area contributed by atoms with E-state index in [1.165, 1.54) is 6.07 Å². The Morgan fingerprint density at radius 3 is 2.96 bits per heavy atom. The van der Waals surface area contributed by atoms with Crippen LogP contribution in [0.3, 0.4) is 0 Å². The summed E-state index contributed by atoms with van der Waals surface area (Å²) in [6.45, 7) is 1.72. The monoisotopic (exact) mass is 337 g/mol. The summed E-state index contributed by atoms with van der Waals surface area (Å²) in [5.41, 5.74) is 3.19. The number of nitrogens with zero attached hydrogens (tertiary/aromatic N) is 2. The quantitative estimate of drug-likeness (QED) is 0.793. The largest absolute Gasteiger partial charge is 0.345 e. The summed E-state index contributed by atoms with van der Waals surface area (Å²) in [5.74, 6) is 0.506. The molecule has 4 rings (SSSR count). The van der Waals surface area contributed by atoms with Gasteiger partial charge in [0, 0.05) is 18.1 Å². The minimum absolute atomic E-state index is 0.0980. The number of hydrogen-bond donors (Lipinski definition) is 1. The van der Waals surface area contributed by atoms with Crippen LogP contribution in [0.25, 0.3) is 11.4 Å². The highest BCUT2D eigenvalue weighted by atomic mass is 19.1. The van der Waals surface area contributed by atoms with Crippen LogP contribution in [0.15, 0.2) is 47.0 Å². The zero-order chi connectivity index (χ0) is 17.4. The van der Waals surface area contributed by atoms with Gasteiger partial charge in [-0.3, -0.25) is 4.79 Å². The summed E-state index contributed by atoms with van der Waals surface area (Å²) in [5, 5.41) is 6.90. The van der Waals surface area contributed by atoms with Crippen molar-refractivity contribution in [1.29, 1.82) is 0 Å². The molecule has 1 atom stereocenters. The number of halogens is 1. The van der Waals surface area contributed by atoms with E-state index in [0.29, 0.717) is 17.3 Å². The summed E-state index contributed by atoms with van der Waals surface area (Å²) in [7, 11) is 0. The molecule has 6 heteroatoms. The molecule has 3 aromatic rings. The average molecular weight is 337 g/mol. The van der Waals surface area contributed by atoms with Crippen LogP contribution in [-0.2, 0) is 6.42 Å². The number of benzene rings is 2. The van der Waals surface area contributed by atoms with Crippen LogP contribution >= 0.6 is 0 Å². The first-order valence-corrected chi connectivity index (χ1v) is 8.10. The van der Waals surface area contributed by atoms with E-state index in [0.717, 1.165) is 29.5 Å². The molecule has 0 saturated carbocycles. The predicted molar refractivity (Wildman–Crippen MR) is 89.4 cm³/mol. The molecular formula is C19H16FN3O2. The van der Waals surface area contributed by atoms with Crippen molar-refractivity contribution in [3.63, 3.8) is 0 Å². The van der Waals surface area contributed by atoms with E-state index in [-0.39, 0.29) is 17.8 Å². The van der Waals surface area contributed by atoms with Crippen LogP contribution in [0.1, 0.15) is 39.8 Å². The molecular weight excluding hydrogens is 321 g/mol. The second-order valence-corrected chi connectivity index (χ2v) is 6.13. The molecule has 0 aliphatic heterocycles. The molecule has 0 saturated heterocycles. The Morgan fingerprint density at radius 1 is 1.28 bits per heavy atom. The van der Waals surface area contributed by atoms with Crippen molar-refractivity contribution in [2.45, 2.75) is 25.8 Å². The van der Waals surface area contributed by atoms with Gasteiger partial charge in [-0.2, -0.15) is 4.98 Å². The van der Waals surface area contributed by atoms with E-state index < -0.39 is 0 Å². The van der Waals surface area contributed by atoms with Gasteiger partial charge in [0.1, 0.15) is 5.82 Å². The standard InChI is InChI=1S/C19H16FN3O2/c1-11-21-18(23-25-11)13-3-2-4-14(9-13)19(24)22-17-8-5-12-10-15(20)6-7-16(12)17/h2-4,6-7,9-10,17H,5,8H2,1H3,(H,22,24). The molecule has 5 nitrogen and oxygen atoms in total. The van der Waals surface area contributed by atoms with Crippen LogP contribution in [0, 0.1) is 12.7 Å². The lowest BCUT2D eigenvalue weighted by atomic mass is 10.1. The fraction of sp³-hybridized carbons (Fsp3) is 0.211. The molecule has 0 fully saturated rings. The second kappa shape index (κ2) is 6.12. The van der Waals surface area contributed by atoms with Crippen molar-refractivity contribution in [3.05, 3.63) is 70.9 Å². The normalized spacial score (nSPS) is 15.8. The Kier molecular flexibility index (Phi) is 3.80. The first-order valence-electron chi connectivity index (χ1n) is 8.10. The van der Waals surface area contributed by atoms with E-state index >= 15 is 0 Å². The average Bonchev–Trinajstić information content (AvgIpc) is 3.21. The van der Waals surface area contributed by atoms with Crippen LogP contribution in [0.2, 0.25) is 0 Å². The number of aryl methyl sites for hydroxylation is 2. The van der Waals surface area contributed by atoms with Gasteiger partial charge in [0.2, 0.25) is 11.7 Å². The minimum atomic E-state index is -0.242. The van der Waals surface area contributed by atoms with Gasteiger partial charge in [0.25, 0.3) is 5.91 Å². The third-order valence-corrected chi connectivity index (χ3v) is 4.40. The van der Waals surface area contributed by atoms with Crippen molar-refractivity contribution < 1.29 is 13.7 Å². The molecule has 1 amide bonds.